The molecule has 0 spiro atoms. The Bertz CT molecular complexity index is 276. The van der Waals surface area contributed by atoms with Crippen LogP contribution in [0.4, 0.5) is 0 Å². The number of carbonyl (C=O) groups is 1. The third-order valence-electron chi connectivity index (χ3n) is 3.81. The van der Waals surface area contributed by atoms with Gasteiger partial charge in [-0.25, -0.2) is 0 Å². The Labute approximate surface area is 138 Å². The minimum Gasteiger partial charge on any atom is -0.465 e. The molecule has 0 aliphatic rings. The lowest BCUT2D eigenvalue weighted by atomic mass is 9.94. The third kappa shape index (κ3) is 12.7. The molecule has 0 atom stereocenters. The van der Waals surface area contributed by atoms with Crippen molar-refractivity contribution in [1.29, 1.82) is 0 Å². The van der Waals surface area contributed by atoms with Gasteiger partial charge in [0.1, 0.15) is 0 Å². The summed E-state index contributed by atoms with van der Waals surface area (Å²) in [4.78, 5) is 12.2. The van der Waals surface area contributed by atoms with Gasteiger partial charge in [0.2, 0.25) is 0 Å². The van der Waals surface area contributed by atoms with Crippen molar-refractivity contribution in [2.45, 2.75) is 78.1 Å². The zero-order valence-electron chi connectivity index (χ0n) is 14.8. The average Bonchev–Trinajstić information content (AvgIpc) is 2.50. The molecule has 0 unspecified atom stereocenters. The number of hydrogen-bond acceptors (Lipinski definition) is 2. The lowest BCUT2D eigenvalue weighted by Crippen LogP contribution is -2.20. The van der Waals surface area contributed by atoms with Gasteiger partial charge in [-0.1, -0.05) is 51.7 Å². The zero-order valence-corrected chi connectivity index (χ0v) is 14.8. The van der Waals surface area contributed by atoms with Crippen LogP contribution in [0.3, 0.4) is 0 Å². The highest BCUT2D eigenvalue weighted by atomic mass is 16.5. The first kappa shape index (κ1) is 20.9. The Morgan fingerprint density at radius 1 is 0.909 bits per heavy atom. The van der Waals surface area contributed by atoms with Crippen LogP contribution in [-0.4, -0.2) is 12.6 Å². The van der Waals surface area contributed by atoms with Gasteiger partial charge in [0.15, 0.2) is 0 Å². The molecule has 0 aromatic carbocycles. The van der Waals surface area contributed by atoms with E-state index >= 15 is 0 Å². The molecule has 0 rings (SSSR count). The molecule has 0 aromatic heterocycles. The molecule has 22 heavy (non-hydrogen) atoms. The first-order chi connectivity index (χ1) is 10.6. The second-order valence-corrected chi connectivity index (χ2v) is 6.57. The minimum atomic E-state index is 0.0149. The fourth-order valence-corrected chi connectivity index (χ4v) is 2.46. The van der Waals surface area contributed by atoms with E-state index in [4.69, 9.17) is 4.74 Å². The molecule has 0 aromatic rings. The predicted molar refractivity (Wildman–Crippen MR) is 95.9 cm³/mol. The van der Waals surface area contributed by atoms with Crippen LogP contribution < -0.4 is 0 Å². The molecule has 0 saturated carbocycles. The van der Waals surface area contributed by atoms with E-state index in [0.717, 1.165) is 38.5 Å². The predicted octanol–water partition coefficient (Wildman–Crippen LogP) is 6.07. The van der Waals surface area contributed by atoms with Gasteiger partial charge < -0.3 is 4.74 Å². The summed E-state index contributed by atoms with van der Waals surface area (Å²) >= 11 is 0. The number of rotatable bonds is 15. The van der Waals surface area contributed by atoms with Gasteiger partial charge in [-0.15, -0.1) is 13.2 Å². The van der Waals surface area contributed by atoms with Crippen molar-refractivity contribution in [3.05, 3.63) is 25.3 Å². The Balaban J connectivity index is 4.08. The standard InChI is InChI=1S/C20H36O2/c1-5-7-9-11-13-15-19(16-14-12-10-8-6-2)20(21)22-17-18(3)4/h5-6,18-19H,1-2,7-17H2,3-4H3. The Morgan fingerprint density at radius 2 is 1.41 bits per heavy atom. The van der Waals surface area contributed by atoms with Crippen LogP contribution in [0, 0.1) is 11.8 Å². The maximum absolute atomic E-state index is 12.2. The zero-order chi connectivity index (χ0) is 16.6. The highest BCUT2D eigenvalue weighted by Crippen LogP contribution is 2.20. The van der Waals surface area contributed by atoms with Crippen molar-refractivity contribution >= 4 is 5.97 Å². The molecular weight excluding hydrogens is 272 g/mol. The number of carbonyl (C=O) groups excluding carboxylic acids is 1. The van der Waals surface area contributed by atoms with Gasteiger partial charge in [-0.2, -0.15) is 0 Å². The van der Waals surface area contributed by atoms with E-state index in [1.165, 1.54) is 25.7 Å². The molecule has 0 N–H and O–H groups in total. The van der Waals surface area contributed by atoms with E-state index in [9.17, 15) is 4.79 Å². The molecule has 2 heteroatoms. The van der Waals surface area contributed by atoms with Crippen LogP contribution in [-0.2, 0) is 9.53 Å². The van der Waals surface area contributed by atoms with Gasteiger partial charge >= 0.3 is 5.97 Å². The van der Waals surface area contributed by atoms with Crippen molar-refractivity contribution in [1.82, 2.24) is 0 Å². The summed E-state index contributed by atoms with van der Waals surface area (Å²) < 4.78 is 5.45. The molecule has 128 valence electrons. The molecule has 0 heterocycles. The summed E-state index contributed by atoms with van der Waals surface area (Å²) in [6.45, 7) is 12.2. The molecule has 0 fully saturated rings. The molecule has 0 bridgehead atoms. The second-order valence-electron chi connectivity index (χ2n) is 6.57. The molecule has 0 saturated heterocycles. The van der Waals surface area contributed by atoms with Crippen LogP contribution in [0.1, 0.15) is 78.1 Å². The summed E-state index contributed by atoms with van der Waals surface area (Å²) in [7, 11) is 0. The number of unbranched alkanes of at least 4 members (excludes halogenated alkanes) is 6. The first-order valence-corrected chi connectivity index (χ1v) is 9.00. The smallest absolute Gasteiger partial charge is 0.308 e. The van der Waals surface area contributed by atoms with Gasteiger partial charge in [-0.3, -0.25) is 4.79 Å². The molecular formula is C20H36O2. The van der Waals surface area contributed by atoms with E-state index in [2.05, 4.69) is 27.0 Å². The van der Waals surface area contributed by atoms with Crippen LogP contribution in [0.5, 0.6) is 0 Å². The summed E-state index contributed by atoms with van der Waals surface area (Å²) in [6.07, 6.45) is 14.9. The van der Waals surface area contributed by atoms with E-state index in [-0.39, 0.29) is 11.9 Å². The lowest BCUT2D eigenvalue weighted by molar-refractivity contribution is -0.150. The fourth-order valence-electron chi connectivity index (χ4n) is 2.46. The Kier molecular flexibility index (Phi) is 14.2. The first-order valence-electron chi connectivity index (χ1n) is 9.00. The number of ether oxygens (including phenoxy) is 1. The number of esters is 1. The van der Waals surface area contributed by atoms with Crippen molar-refractivity contribution < 1.29 is 9.53 Å². The van der Waals surface area contributed by atoms with Gasteiger partial charge in [0, 0.05) is 0 Å². The van der Waals surface area contributed by atoms with Crippen molar-refractivity contribution in [3.8, 4) is 0 Å². The maximum atomic E-state index is 12.2. The summed E-state index contributed by atoms with van der Waals surface area (Å²) in [6, 6.07) is 0. The average molecular weight is 309 g/mol. The SMILES string of the molecule is C=CCCCCCC(CCCCCC=C)C(=O)OCC(C)C. The van der Waals surface area contributed by atoms with Gasteiger partial charge in [0.25, 0.3) is 0 Å². The van der Waals surface area contributed by atoms with Crippen molar-refractivity contribution in [3.63, 3.8) is 0 Å². The Morgan fingerprint density at radius 3 is 1.82 bits per heavy atom. The Hall–Kier alpha value is -1.05. The van der Waals surface area contributed by atoms with Crippen LogP contribution in [0.15, 0.2) is 25.3 Å². The second kappa shape index (κ2) is 14.9. The molecule has 0 radical (unpaired) electrons. The number of allylic oxidation sites excluding steroid dienone is 2. The van der Waals surface area contributed by atoms with E-state index in [1.54, 1.807) is 0 Å². The van der Waals surface area contributed by atoms with Gasteiger partial charge in [0.05, 0.1) is 12.5 Å². The van der Waals surface area contributed by atoms with E-state index in [0.29, 0.717) is 12.5 Å². The highest BCUT2D eigenvalue weighted by Gasteiger charge is 2.19. The highest BCUT2D eigenvalue weighted by molar-refractivity contribution is 5.72. The van der Waals surface area contributed by atoms with Gasteiger partial charge in [-0.05, 0) is 44.4 Å². The monoisotopic (exact) mass is 308 g/mol. The molecule has 2 nitrogen and oxygen atoms in total. The van der Waals surface area contributed by atoms with E-state index in [1.807, 2.05) is 12.2 Å². The van der Waals surface area contributed by atoms with Crippen molar-refractivity contribution in [2.24, 2.45) is 11.8 Å². The van der Waals surface area contributed by atoms with Crippen LogP contribution in [0.25, 0.3) is 0 Å². The molecule has 0 aliphatic carbocycles. The topological polar surface area (TPSA) is 26.3 Å². The lowest BCUT2D eigenvalue weighted by Gasteiger charge is -2.17. The van der Waals surface area contributed by atoms with Crippen molar-refractivity contribution in [2.75, 3.05) is 6.61 Å². The summed E-state index contributed by atoms with van der Waals surface area (Å²) in [5, 5.41) is 0. The maximum Gasteiger partial charge on any atom is 0.308 e. The fraction of sp³-hybridized carbons (Fsp3) is 0.750. The molecule has 0 aliphatic heterocycles. The largest absolute Gasteiger partial charge is 0.465 e. The third-order valence-corrected chi connectivity index (χ3v) is 3.81. The van der Waals surface area contributed by atoms with Crippen LogP contribution in [0.2, 0.25) is 0 Å². The summed E-state index contributed by atoms with van der Waals surface area (Å²) in [5.41, 5.74) is 0. The normalized spacial score (nSPS) is 10.9. The quantitative estimate of drug-likeness (QED) is 0.208. The minimum absolute atomic E-state index is 0.0149. The number of hydrogen-bond donors (Lipinski definition) is 0. The van der Waals surface area contributed by atoms with Crippen LogP contribution >= 0.6 is 0 Å². The summed E-state index contributed by atoms with van der Waals surface area (Å²) in [5.74, 6) is 0.511. The molecule has 0 amide bonds. The van der Waals surface area contributed by atoms with E-state index < -0.39 is 0 Å².